The summed E-state index contributed by atoms with van der Waals surface area (Å²) in [6.07, 6.45) is 0.816. The molecule has 29 heavy (non-hydrogen) atoms. The van der Waals surface area contributed by atoms with Gasteiger partial charge in [0.15, 0.2) is 0 Å². The van der Waals surface area contributed by atoms with Gasteiger partial charge in [0.2, 0.25) is 8.32 Å². The van der Waals surface area contributed by atoms with Crippen molar-refractivity contribution in [3.05, 3.63) is 108 Å². The first-order valence-corrected chi connectivity index (χ1v) is 12.8. The third kappa shape index (κ3) is 4.10. The lowest BCUT2D eigenvalue weighted by molar-refractivity contribution is -0.109. The Balaban J connectivity index is 2.37. The monoisotopic (exact) mass is 404 g/mol. The van der Waals surface area contributed by atoms with E-state index >= 15 is 0 Å². The lowest BCUT2D eigenvalue weighted by atomic mass is 9.69. The summed E-state index contributed by atoms with van der Waals surface area (Å²) in [5.41, 5.74) is 2.58. The number of rotatable bonds is 9. The number of carbonyl (C=O) groups excluding carboxylic acids is 1. The molecular weight excluding hydrogens is 376 g/mol. The van der Waals surface area contributed by atoms with Crippen LogP contribution in [-0.4, -0.2) is 34.0 Å². The molecule has 1 atom stereocenters. The molecule has 0 heterocycles. The van der Waals surface area contributed by atoms with E-state index in [1.54, 1.807) is 7.11 Å². The number of carbonyl (C=O) groups is 1. The average Bonchev–Trinajstić information content (AvgIpc) is 2.77. The minimum atomic E-state index is -2.49. The molecule has 3 aromatic carbocycles. The highest BCUT2D eigenvalue weighted by molar-refractivity contribution is 6.73. The van der Waals surface area contributed by atoms with Crippen LogP contribution in [0.1, 0.15) is 16.7 Å². The second-order valence-electron chi connectivity index (χ2n) is 7.60. The van der Waals surface area contributed by atoms with E-state index in [1.807, 2.05) is 18.2 Å². The standard InChI is InChI=1S/C25H28O3Si/c1-27-24(29(2,3)28-20-19-26)25(21-13-7-4-8-14-21,22-15-9-5-10-16-22)23-17-11-6-12-18-23/h4-19,24H,20H2,1-3H3/t24-/m1/s1. The van der Waals surface area contributed by atoms with Crippen LogP contribution in [0.25, 0.3) is 0 Å². The van der Waals surface area contributed by atoms with Crippen LogP contribution in [0.5, 0.6) is 0 Å². The molecule has 0 aromatic heterocycles. The van der Waals surface area contributed by atoms with E-state index in [2.05, 4.69) is 85.9 Å². The van der Waals surface area contributed by atoms with E-state index in [1.165, 1.54) is 0 Å². The van der Waals surface area contributed by atoms with Gasteiger partial charge < -0.3 is 14.0 Å². The molecule has 3 aromatic rings. The van der Waals surface area contributed by atoms with E-state index in [4.69, 9.17) is 9.16 Å². The molecular formula is C25H28O3Si. The number of methoxy groups -OCH3 is 1. The Hall–Kier alpha value is -2.53. The van der Waals surface area contributed by atoms with Gasteiger partial charge in [-0.2, -0.15) is 0 Å². The molecule has 0 N–H and O–H groups in total. The molecule has 3 nitrogen and oxygen atoms in total. The first kappa shape index (κ1) is 21.2. The quantitative estimate of drug-likeness (QED) is 0.286. The number of aldehydes is 1. The molecule has 0 saturated carbocycles. The predicted molar refractivity (Wildman–Crippen MR) is 120 cm³/mol. The topological polar surface area (TPSA) is 35.5 Å². The Kier molecular flexibility index (Phi) is 6.80. The third-order valence-electron chi connectivity index (χ3n) is 5.47. The number of ether oxygens (including phenoxy) is 1. The van der Waals surface area contributed by atoms with Gasteiger partial charge in [-0.25, -0.2) is 0 Å². The molecule has 0 amide bonds. The van der Waals surface area contributed by atoms with E-state index in [9.17, 15) is 4.79 Å². The van der Waals surface area contributed by atoms with Crippen molar-refractivity contribution in [3.8, 4) is 0 Å². The summed E-state index contributed by atoms with van der Waals surface area (Å²) in [6, 6.07) is 31.3. The Bertz CT molecular complexity index is 798. The first-order valence-electron chi connectivity index (χ1n) is 9.84. The summed E-state index contributed by atoms with van der Waals surface area (Å²) in [5.74, 6) is 0. The summed E-state index contributed by atoms with van der Waals surface area (Å²) >= 11 is 0. The number of hydrogen-bond donors (Lipinski definition) is 0. The van der Waals surface area contributed by atoms with Crippen LogP contribution in [0.3, 0.4) is 0 Å². The van der Waals surface area contributed by atoms with Crippen LogP contribution < -0.4 is 0 Å². The van der Waals surface area contributed by atoms with Gasteiger partial charge >= 0.3 is 0 Å². The average molecular weight is 405 g/mol. The largest absolute Gasteiger partial charge is 0.408 e. The lowest BCUT2D eigenvalue weighted by Gasteiger charge is -2.47. The molecule has 150 valence electrons. The summed E-state index contributed by atoms with van der Waals surface area (Å²) in [4.78, 5) is 11.1. The maximum Gasteiger partial charge on any atom is 0.217 e. The van der Waals surface area contributed by atoms with Crippen molar-refractivity contribution < 1.29 is 14.0 Å². The smallest absolute Gasteiger partial charge is 0.217 e. The number of benzene rings is 3. The SMILES string of the molecule is CO[C@@H](C(c1ccccc1)(c1ccccc1)c1ccccc1)[Si](C)(C)OCC=O. The highest BCUT2D eigenvalue weighted by Crippen LogP contribution is 2.46. The zero-order chi connectivity index (χ0) is 20.7. The molecule has 3 rings (SSSR count). The molecule has 0 saturated heterocycles. The molecule has 0 fully saturated rings. The van der Waals surface area contributed by atoms with Crippen LogP contribution in [0.2, 0.25) is 13.1 Å². The lowest BCUT2D eigenvalue weighted by Crippen LogP contribution is -2.59. The highest BCUT2D eigenvalue weighted by Gasteiger charge is 2.52. The van der Waals surface area contributed by atoms with Crippen LogP contribution in [-0.2, 0) is 19.4 Å². The van der Waals surface area contributed by atoms with Crippen LogP contribution in [0, 0.1) is 0 Å². The van der Waals surface area contributed by atoms with Crippen molar-refractivity contribution in [2.45, 2.75) is 24.2 Å². The fourth-order valence-corrected chi connectivity index (χ4v) is 7.12. The molecule has 0 aliphatic carbocycles. The van der Waals surface area contributed by atoms with Gasteiger partial charge in [0.1, 0.15) is 6.29 Å². The fraction of sp³-hybridized carbons (Fsp3) is 0.240. The Morgan fingerprint density at radius 1 is 0.793 bits per heavy atom. The Labute approximate surface area is 174 Å². The van der Waals surface area contributed by atoms with Crippen molar-refractivity contribution in [2.24, 2.45) is 0 Å². The van der Waals surface area contributed by atoms with Gasteiger partial charge in [-0.05, 0) is 29.8 Å². The van der Waals surface area contributed by atoms with Crippen molar-refractivity contribution in [1.29, 1.82) is 0 Å². The van der Waals surface area contributed by atoms with Gasteiger partial charge in [-0.15, -0.1) is 0 Å². The summed E-state index contributed by atoms with van der Waals surface area (Å²) in [7, 11) is -0.748. The fourth-order valence-electron chi connectivity index (χ4n) is 4.36. The third-order valence-corrected chi connectivity index (χ3v) is 8.31. The second kappa shape index (κ2) is 9.31. The predicted octanol–water partition coefficient (Wildman–Crippen LogP) is 5.00. The maximum absolute atomic E-state index is 11.1. The van der Waals surface area contributed by atoms with Crippen molar-refractivity contribution in [3.63, 3.8) is 0 Å². The highest BCUT2D eigenvalue weighted by atomic mass is 28.4. The molecule has 0 aliphatic rings. The summed E-state index contributed by atoms with van der Waals surface area (Å²) < 4.78 is 12.4. The van der Waals surface area contributed by atoms with Gasteiger partial charge in [0, 0.05) is 7.11 Å². The first-order chi connectivity index (χ1) is 14.1. The zero-order valence-electron chi connectivity index (χ0n) is 17.2. The van der Waals surface area contributed by atoms with Gasteiger partial charge in [-0.3, -0.25) is 0 Å². The van der Waals surface area contributed by atoms with Gasteiger partial charge in [-0.1, -0.05) is 91.0 Å². The Morgan fingerprint density at radius 3 is 1.48 bits per heavy atom. The van der Waals surface area contributed by atoms with E-state index < -0.39 is 13.7 Å². The normalized spacial score (nSPS) is 13.1. The summed E-state index contributed by atoms with van der Waals surface area (Å²) in [6.45, 7) is 4.32. The molecule has 4 heteroatoms. The zero-order valence-corrected chi connectivity index (χ0v) is 18.2. The minimum Gasteiger partial charge on any atom is -0.408 e. The van der Waals surface area contributed by atoms with Crippen molar-refractivity contribution >= 4 is 14.6 Å². The van der Waals surface area contributed by atoms with Crippen LogP contribution in [0.4, 0.5) is 0 Å². The molecule has 0 bridgehead atoms. The van der Waals surface area contributed by atoms with Gasteiger partial charge in [0.05, 0.1) is 17.7 Å². The molecule has 0 radical (unpaired) electrons. The molecule has 0 unspecified atom stereocenters. The summed E-state index contributed by atoms with van der Waals surface area (Å²) in [5, 5.41) is 0. The molecule has 0 aliphatic heterocycles. The van der Waals surface area contributed by atoms with Gasteiger partial charge in [0.25, 0.3) is 0 Å². The van der Waals surface area contributed by atoms with E-state index in [0.717, 1.165) is 23.0 Å². The Morgan fingerprint density at radius 2 is 1.17 bits per heavy atom. The van der Waals surface area contributed by atoms with E-state index in [-0.39, 0.29) is 12.3 Å². The minimum absolute atomic E-state index is 0.0769. The van der Waals surface area contributed by atoms with Crippen molar-refractivity contribution in [1.82, 2.24) is 0 Å². The second-order valence-corrected chi connectivity index (χ2v) is 11.6. The maximum atomic E-state index is 11.1. The van der Waals surface area contributed by atoms with Crippen LogP contribution >= 0.6 is 0 Å². The number of hydrogen-bond acceptors (Lipinski definition) is 3. The molecule has 0 spiro atoms. The van der Waals surface area contributed by atoms with Crippen LogP contribution in [0.15, 0.2) is 91.0 Å². The van der Waals surface area contributed by atoms with Crippen molar-refractivity contribution in [2.75, 3.05) is 13.7 Å². The van der Waals surface area contributed by atoms with E-state index in [0.29, 0.717) is 0 Å².